The monoisotopic (exact) mass is 489 g/mol. The quantitative estimate of drug-likeness (QED) is 0.317. The fourth-order valence-electron chi connectivity index (χ4n) is 3.61. The molecule has 1 aliphatic rings. The third-order valence-corrected chi connectivity index (χ3v) is 8.23. The first-order valence-corrected chi connectivity index (χ1v) is 13.3. The molecule has 178 valence electrons. The van der Waals surface area contributed by atoms with Crippen LogP contribution in [0, 0.1) is 5.92 Å². The number of hydrogen-bond donors (Lipinski definition) is 0. The van der Waals surface area contributed by atoms with Crippen LogP contribution in [-0.2, 0) is 19.6 Å². The molecule has 6 nitrogen and oxygen atoms in total. The smallest absolute Gasteiger partial charge is 0.325 e. The first-order valence-electron chi connectivity index (χ1n) is 10.8. The van der Waals surface area contributed by atoms with E-state index in [0.29, 0.717) is 17.9 Å². The minimum Gasteiger partial charge on any atom is -0.497 e. The van der Waals surface area contributed by atoms with E-state index in [1.807, 2.05) is 42.5 Å². The summed E-state index contributed by atoms with van der Waals surface area (Å²) in [7, 11) is -2.44. The van der Waals surface area contributed by atoms with Gasteiger partial charge in [0.05, 0.1) is 12.0 Å². The van der Waals surface area contributed by atoms with Crippen molar-refractivity contribution in [2.75, 3.05) is 19.4 Å². The maximum absolute atomic E-state index is 13.7. The molecule has 0 aliphatic carbocycles. The number of allylic oxidation sites excluding steroid dienone is 1. The van der Waals surface area contributed by atoms with Crippen LogP contribution in [0.4, 0.5) is 0 Å². The zero-order chi connectivity index (χ0) is 24.1. The van der Waals surface area contributed by atoms with E-state index in [2.05, 4.69) is 0 Å². The number of rotatable bonds is 7. The minimum absolute atomic E-state index is 0.102. The molecule has 1 heterocycles. The average Bonchev–Trinajstić information content (AvgIpc) is 3.00. The average molecular weight is 490 g/mol. The van der Waals surface area contributed by atoms with Crippen LogP contribution in [-0.4, -0.2) is 49.7 Å². The molecule has 0 bridgehead atoms. The highest BCUT2D eigenvalue weighted by molar-refractivity contribution is 7.99. The first-order chi connectivity index (χ1) is 15.6. The number of carbonyl (C=O) groups excluding carboxylic acids is 1. The predicted octanol–water partition coefficient (Wildman–Crippen LogP) is 4.76. The second-order valence-electron chi connectivity index (χ2n) is 8.82. The van der Waals surface area contributed by atoms with Crippen molar-refractivity contribution in [2.45, 2.75) is 48.6 Å². The van der Waals surface area contributed by atoms with Crippen LogP contribution in [0.25, 0.3) is 0 Å². The van der Waals surface area contributed by atoms with Crippen molar-refractivity contribution < 1.29 is 22.7 Å². The number of thioether (sulfide) groups is 1. The van der Waals surface area contributed by atoms with Gasteiger partial charge in [-0.15, -0.1) is 11.8 Å². The van der Waals surface area contributed by atoms with E-state index < -0.39 is 27.6 Å². The van der Waals surface area contributed by atoms with Gasteiger partial charge in [-0.1, -0.05) is 30.4 Å². The number of carbonyl (C=O) groups is 1. The molecular weight excluding hydrogens is 458 g/mol. The molecule has 0 spiro atoms. The lowest BCUT2D eigenvalue weighted by Gasteiger charge is -2.34. The summed E-state index contributed by atoms with van der Waals surface area (Å²) in [6.45, 7) is 5.46. The van der Waals surface area contributed by atoms with Gasteiger partial charge in [-0.2, -0.15) is 4.31 Å². The Hall–Kier alpha value is -2.29. The van der Waals surface area contributed by atoms with Gasteiger partial charge in [0.1, 0.15) is 17.4 Å². The number of benzene rings is 2. The molecule has 3 rings (SSSR count). The number of hydrogen-bond acceptors (Lipinski definition) is 6. The zero-order valence-corrected chi connectivity index (χ0v) is 21.1. The Morgan fingerprint density at radius 1 is 1.06 bits per heavy atom. The van der Waals surface area contributed by atoms with Gasteiger partial charge in [0.25, 0.3) is 0 Å². The van der Waals surface area contributed by atoms with Crippen LogP contribution in [0.1, 0.15) is 27.2 Å². The lowest BCUT2D eigenvalue weighted by atomic mass is 9.98. The number of sulfonamides is 1. The molecule has 0 fully saturated rings. The maximum Gasteiger partial charge on any atom is 0.325 e. The third-order valence-electron chi connectivity index (χ3n) is 5.17. The van der Waals surface area contributed by atoms with Crippen LogP contribution < -0.4 is 4.74 Å². The van der Waals surface area contributed by atoms with Crippen molar-refractivity contribution in [2.24, 2.45) is 5.92 Å². The summed E-state index contributed by atoms with van der Waals surface area (Å²) in [6.07, 6.45) is 4.35. The molecule has 0 N–H and O–H groups in total. The topological polar surface area (TPSA) is 72.9 Å². The molecule has 2 atom stereocenters. The standard InChI is InChI=1S/C25H31NO5S2/c1-25(2,3)31-24(27)23-19(18-32-21-11-6-5-7-12-21)10-8-9-17-26(23)33(28,29)22-15-13-20(30-4)14-16-22/h5-9,11-16,19,23H,10,17-18H2,1-4H3. The van der Waals surface area contributed by atoms with E-state index in [-0.39, 0.29) is 17.4 Å². The fourth-order valence-corrected chi connectivity index (χ4v) is 6.27. The molecule has 0 amide bonds. The molecule has 0 saturated heterocycles. The molecule has 1 aliphatic heterocycles. The Morgan fingerprint density at radius 2 is 1.73 bits per heavy atom. The highest BCUT2D eigenvalue weighted by Crippen LogP contribution is 2.32. The second kappa shape index (κ2) is 10.8. The SMILES string of the molecule is COc1ccc(S(=O)(=O)N2CC=CCC(CSc3ccccc3)C2C(=O)OC(C)(C)C)cc1. The van der Waals surface area contributed by atoms with E-state index in [9.17, 15) is 13.2 Å². The predicted molar refractivity (Wildman–Crippen MR) is 131 cm³/mol. The Kier molecular flexibility index (Phi) is 8.26. The Morgan fingerprint density at radius 3 is 2.33 bits per heavy atom. The number of methoxy groups -OCH3 is 1. The van der Waals surface area contributed by atoms with E-state index >= 15 is 0 Å². The van der Waals surface area contributed by atoms with E-state index in [4.69, 9.17) is 9.47 Å². The lowest BCUT2D eigenvalue weighted by molar-refractivity contribution is -0.161. The van der Waals surface area contributed by atoms with Crippen molar-refractivity contribution in [3.8, 4) is 5.75 Å². The summed E-state index contributed by atoms with van der Waals surface area (Å²) in [5, 5.41) is 0. The summed E-state index contributed by atoms with van der Waals surface area (Å²) in [6, 6.07) is 15.1. The number of ether oxygens (including phenoxy) is 2. The normalized spacial score (nSPS) is 19.6. The van der Waals surface area contributed by atoms with Gasteiger partial charge in [0.15, 0.2) is 0 Å². The molecule has 0 radical (unpaired) electrons. The van der Waals surface area contributed by atoms with E-state index in [1.165, 1.54) is 23.5 Å². The van der Waals surface area contributed by atoms with Crippen LogP contribution in [0.5, 0.6) is 5.75 Å². The first kappa shape index (κ1) is 25.3. The summed E-state index contributed by atoms with van der Waals surface area (Å²) in [5.74, 6) is 0.358. The van der Waals surface area contributed by atoms with Gasteiger partial charge >= 0.3 is 5.97 Å². The summed E-state index contributed by atoms with van der Waals surface area (Å²) >= 11 is 1.61. The van der Waals surface area contributed by atoms with Gasteiger partial charge in [-0.3, -0.25) is 4.79 Å². The van der Waals surface area contributed by atoms with Gasteiger partial charge in [-0.25, -0.2) is 8.42 Å². The summed E-state index contributed by atoms with van der Waals surface area (Å²) < 4.78 is 39.5. The Bertz CT molecular complexity index is 1060. The Labute approximate surface area is 201 Å². The van der Waals surface area contributed by atoms with E-state index in [0.717, 1.165) is 4.90 Å². The van der Waals surface area contributed by atoms with Crippen molar-refractivity contribution in [1.29, 1.82) is 0 Å². The molecule has 2 aromatic carbocycles. The molecule has 2 unspecified atom stereocenters. The largest absolute Gasteiger partial charge is 0.497 e. The van der Waals surface area contributed by atoms with Gasteiger partial charge in [0.2, 0.25) is 10.0 Å². The van der Waals surface area contributed by atoms with Crippen LogP contribution in [0.2, 0.25) is 0 Å². The van der Waals surface area contributed by atoms with Crippen molar-refractivity contribution in [3.63, 3.8) is 0 Å². The molecule has 33 heavy (non-hydrogen) atoms. The second-order valence-corrected chi connectivity index (χ2v) is 11.8. The van der Waals surface area contributed by atoms with Gasteiger partial charge < -0.3 is 9.47 Å². The Balaban J connectivity index is 1.97. The molecule has 8 heteroatoms. The minimum atomic E-state index is -3.96. The van der Waals surface area contributed by atoms with Gasteiger partial charge in [0, 0.05) is 17.2 Å². The highest BCUT2D eigenvalue weighted by atomic mass is 32.2. The maximum atomic E-state index is 13.7. The highest BCUT2D eigenvalue weighted by Gasteiger charge is 2.43. The fraction of sp³-hybridized carbons (Fsp3) is 0.400. The third kappa shape index (κ3) is 6.62. The van der Waals surface area contributed by atoms with Crippen molar-refractivity contribution in [1.82, 2.24) is 4.31 Å². The number of esters is 1. The molecular formula is C25H31NO5S2. The van der Waals surface area contributed by atoms with Crippen LogP contribution in [0.15, 0.2) is 76.5 Å². The summed E-state index contributed by atoms with van der Waals surface area (Å²) in [5.41, 5.74) is -0.733. The van der Waals surface area contributed by atoms with Crippen molar-refractivity contribution in [3.05, 3.63) is 66.7 Å². The zero-order valence-electron chi connectivity index (χ0n) is 19.4. The summed E-state index contributed by atoms with van der Waals surface area (Å²) in [4.78, 5) is 14.6. The van der Waals surface area contributed by atoms with Crippen molar-refractivity contribution >= 4 is 27.8 Å². The van der Waals surface area contributed by atoms with Crippen LogP contribution >= 0.6 is 11.8 Å². The molecule has 2 aromatic rings. The van der Waals surface area contributed by atoms with Crippen LogP contribution in [0.3, 0.4) is 0 Å². The van der Waals surface area contributed by atoms with E-state index in [1.54, 1.807) is 44.7 Å². The lowest BCUT2D eigenvalue weighted by Crippen LogP contribution is -2.51. The molecule has 0 saturated carbocycles. The van der Waals surface area contributed by atoms with Gasteiger partial charge in [-0.05, 0) is 69.5 Å². The molecule has 0 aromatic heterocycles. The number of nitrogens with zero attached hydrogens (tertiary/aromatic N) is 1.